The van der Waals surface area contributed by atoms with Crippen LogP contribution in [0.3, 0.4) is 0 Å². The lowest BCUT2D eigenvalue weighted by Crippen LogP contribution is -1.95. The second-order valence-electron chi connectivity index (χ2n) is 9.21. The zero-order valence-electron chi connectivity index (χ0n) is 20.3. The minimum atomic E-state index is 0.542. The lowest BCUT2D eigenvalue weighted by Gasteiger charge is -2.17. The molecule has 0 unspecified atom stereocenters. The van der Waals surface area contributed by atoms with Crippen molar-refractivity contribution in [1.82, 2.24) is 0 Å². The highest BCUT2D eigenvalue weighted by atomic mass is 16.5. The molecular weight excluding hydrogens is 440 g/mol. The molecule has 0 N–H and O–H groups in total. The Morgan fingerprint density at radius 2 is 0.889 bits per heavy atom. The SMILES string of the molecule is C=CCOCc1ccc2c(c1)c1ccccc1c1c3ccccc3c3ccc(COCC=C)cc3c21. The molecular formula is C34H28O2. The summed E-state index contributed by atoms with van der Waals surface area (Å²) < 4.78 is 11.6. The van der Waals surface area contributed by atoms with E-state index in [2.05, 4.69) is 98.1 Å². The van der Waals surface area contributed by atoms with E-state index in [1.54, 1.807) is 12.2 Å². The molecule has 0 heterocycles. The zero-order chi connectivity index (χ0) is 24.5. The molecule has 0 saturated heterocycles. The van der Waals surface area contributed by atoms with E-state index in [9.17, 15) is 0 Å². The number of rotatable bonds is 8. The van der Waals surface area contributed by atoms with Gasteiger partial charge in [0, 0.05) is 0 Å². The Kier molecular flexibility index (Phi) is 5.98. The van der Waals surface area contributed by atoms with Gasteiger partial charge in [0.2, 0.25) is 0 Å². The molecule has 0 spiro atoms. The van der Waals surface area contributed by atoms with E-state index in [1.165, 1.54) is 53.9 Å². The zero-order valence-corrected chi connectivity index (χ0v) is 20.3. The van der Waals surface area contributed by atoms with Gasteiger partial charge in [0.1, 0.15) is 0 Å². The van der Waals surface area contributed by atoms with Crippen LogP contribution >= 0.6 is 0 Å². The van der Waals surface area contributed by atoms with Crippen LogP contribution in [0, 0.1) is 0 Å². The maximum absolute atomic E-state index is 5.80. The summed E-state index contributed by atoms with van der Waals surface area (Å²) in [5.41, 5.74) is 2.33. The smallest absolute Gasteiger partial charge is 0.0721 e. The summed E-state index contributed by atoms with van der Waals surface area (Å²) in [7, 11) is 0. The fraction of sp³-hybridized carbons (Fsp3) is 0.118. The van der Waals surface area contributed by atoms with Gasteiger partial charge in [0.05, 0.1) is 26.4 Å². The second kappa shape index (κ2) is 9.58. The molecule has 0 aromatic heterocycles. The largest absolute Gasteiger partial charge is 0.373 e. The number of hydrogen-bond acceptors (Lipinski definition) is 2. The molecule has 0 radical (unpaired) electrons. The van der Waals surface area contributed by atoms with Gasteiger partial charge in [-0.3, -0.25) is 0 Å². The van der Waals surface area contributed by atoms with Crippen molar-refractivity contribution in [1.29, 1.82) is 0 Å². The molecule has 2 nitrogen and oxygen atoms in total. The summed E-state index contributed by atoms with van der Waals surface area (Å²) in [6, 6.07) is 31.0. The number of hydrogen-bond donors (Lipinski definition) is 0. The van der Waals surface area contributed by atoms with Crippen LogP contribution in [0.5, 0.6) is 0 Å². The number of ether oxygens (including phenoxy) is 2. The first-order chi connectivity index (χ1) is 17.8. The van der Waals surface area contributed by atoms with Crippen molar-refractivity contribution in [3.05, 3.63) is 121 Å². The molecule has 176 valence electrons. The Bertz CT molecular complexity index is 1780. The number of fused-ring (bicyclic) bond motifs is 11. The summed E-state index contributed by atoms with van der Waals surface area (Å²) in [6.07, 6.45) is 3.58. The molecule has 2 heteroatoms. The Morgan fingerprint density at radius 1 is 0.472 bits per heavy atom. The van der Waals surface area contributed by atoms with Crippen LogP contribution in [0.25, 0.3) is 53.9 Å². The van der Waals surface area contributed by atoms with Crippen LogP contribution in [0.4, 0.5) is 0 Å². The molecule has 0 atom stereocenters. The molecule has 0 bridgehead atoms. The summed E-state index contributed by atoms with van der Waals surface area (Å²) in [6.45, 7) is 9.75. The van der Waals surface area contributed by atoms with Gasteiger partial charge in [0.25, 0.3) is 0 Å². The highest BCUT2D eigenvalue weighted by Gasteiger charge is 2.16. The van der Waals surface area contributed by atoms with Gasteiger partial charge >= 0.3 is 0 Å². The Morgan fingerprint density at radius 3 is 1.47 bits per heavy atom. The van der Waals surface area contributed by atoms with Crippen molar-refractivity contribution in [2.24, 2.45) is 0 Å². The van der Waals surface area contributed by atoms with Gasteiger partial charge in [-0.1, -0.05) is 84.9 Å². The van der Waals surface area contributed by atoms with Gasteiger partial charge in [-0.2, -0.15) is 0 Å². The van der Waals surface area contributed by atoms with E-state index in [-0.39, 0.29) is 0 Å². The fourth-order valence-electron chi connectivity index (χ4n) is 5.47. The highest BCUT2D eigenvalue weighted by molar-refractivity contribution is 6.39. The topological polar surface area (TPSA) is 18.5 Å². The minimum Gasteiger partial charge on any atom is -0.373 e. The first kappa shape index (κ1) is 22.5. The van der Waals surface area contributed by atoms with Gasteiger partial charge in [-0.25, -0.2) is 0 Å². The third-order valence-corrected chi connectivity index (χ3v) is 6.94. The van der Waals surface area contributed by atoms with E-state index in [0.29, 0.717) is 26.4 Å². The molecule has 0 amide bonds. The predicted octanol–water partition coefficient (Wildman–Crippen LogP) is 8.86. The van der Waals surface area contributed by atoms with E-state index < -0.39 is 0 Å². The summed E-state index contributed by atoms with van der Waals surface area (Å²) in [5, 5.41) is 12.7. The van der Waals surface area contributed by atoms with E-state index >= 15 is 0 Å². The Balaban J connectivity index is 1.76. The average molecular weight is 469 g/mol. The van der Waals surface area contributed by atoms with Crippen LogP contribution < -0.4 is 0 Å². The van der Waals surface area contributed by atoms with E-state index in [0.717, 1.165) is 11.1 Å². The maximum Gasteiger partial charge on any atom is 0.0721 e. The third-order valence-electron chi connectivity index (χ3n) is 6.94. The van der Waals surface area contributed by atoms with Crippen molar-refractivity contribution in [3.63, 3.8) is 0 Å². The molecule has 0 aliphatic carbocycles. The summed E-state index contributed by atoms with van der Waals surface area (Å²) >= 11 is 0. The van der Waals surface area contributed by atoms with Gasteiger partial charge in [0.15, 0.2) is 0 Å². The fourth-order valence-corrected chi connectivity index (χ4v) is 5.47. The molecule has 6 aromatic carbocycles. The lowest BCUT2D eigenvalue weighted by atomic mass is 9.86. The molecule has 0 aliphatic rings. The van der Waals surface area contributed by atoms with Crippen LogP contribution in [0.1, 0.15) is 11.1 Å². The van der Waals surface area contributed by atoms with Crippen molar-refractivity contribution >= 4 is 53.9 Å². The molecule has 0 saturated carbocycles. The first-order valence-electron chi connectivity index (χ1n) is 12.4. The van der Waals surface area contributed by atoms with Crippen LogP contribution in [0.2, 0.25) is 0 Å². The monoisotopic (exact) mass is 468 g/mol. The van der Waals surface area contributed by atoms with Crippen molar-refractivity contribution in [2.75, 3.05) is 13.2 Å². The van der Waals surface area contributed by atoms with Gasteiger partial charge in [-0.15, -0.1) is 13.2 Å². The lowest BCUT2D eigenvalue weighted by molar-refractivity contribution is 0.149. The predicted molar refractivity (Wildman–Crippen MR) is 154 cm³/mol. The highest BCUT2D eigenvalue weighted by Crippen LogP contribution is 2.44. The third kappa shape index (κ3) is 3.76. The average Bonchev–Trinajstić information content (AvgIpc) is 2.93. The van der Waals surface area contributed by atoms with E-state index in [4.69, 9.17) is 9.47 Å². The maximum atomic E-state index is 5.80. The molecule has 6 rings (SSSR count). The summed E-state index contributed by atoms with van der Waals surface area (Å²) in [4.78, 5) is 0. The van der Waals surface area contributed by atoms with Crippen molar-refractivity contribution in [3.8, 4) is 0 Å². The van der Waals surface area contributed by atoms with Crippen LogP contribution in [-0.2, 0) is 22.7 Å². The quantitative estimate of drug-likeness (QED) is 0.126. The molecule has 0 fully saturated rings. The van der Waals surface area contributed by atoms with Crippen LogP contribution in [-0.4, -0.2) is 13.2 Å². The van der Waals surface area contributed by atoms with E-state index in [1.807, 2.05) is 0 Å². The summed E-state index contributed by atoms with van der Waals surface area (Å²) in [5.74, 6) is 0. The molecule has 6 aromatic rings. The van der Waals surface area contributed by atoms with Crippen LogP contribution in [0.15, 0.2) is 110 Å². The molecule has 0 aliphatic heterocycles. The Labute approximate surface area is 211 Å². The molecule has 36 heavy (non-hydrogen) atoms. The first-order valence-corrected chi connectivity index (χ1v) is 12.4. The standard InChI is InChI=1S/C34H28O2/c1-3-17-35-21-23-14-16-30-31(19-23)26-10-6-8-12-29(26)33-28-11-7-5-9-25(28)27-15-13-24(22-36-18-4-2)20-32(27)34(30)33/h3-16,19-20H,1-2,17-18,21-22H2. The minimum absolute atomic E-state index is 0.542. The van der Waals surface area contributed by atoms with Gasteiger partial charge < -0.3 is 9.47 Å². The van der Waals surface area contributed by atoms with Crippen molar-refractivity contribution < 1.29 is 9.47 Å². The number of benzene rings is 6. The normalized spacial score (nSPS) is 11.7. The van der Waals surface area contributed by atoms with Gasteiger partial charge in [-0.05, 0) is 77.1 Å². The van der Waals surface area contributed by atoms with Crippen molar-refractivity contribution in [2.45, 2.75) is 13.2 Å². The Hall–Kier alpha value is -3.98. The second-order valence-corrected chi connectivity index (χ2v) is 9.21.